The van der Waals surface area contributed by atoms with Crippen molar-refractivity contribution in [2.24, 2.45) is 23.7 Å². The Morgan fingerprint density at radius 3 is 2.09 bits per heavy atom. The Kier molecular flexibility index (Phi) is 2.53. The summed E-state index contributed by atoms with van der Waals surface area (Å²) in [6.45, 7) is 10.8. The van der Waals surface area contributed by atoms with Crippen LogP contribution in [0, 0.1) is 23.7 Å². The number of hydrogen-bond acceptors (Lipinski definition) is 0. The molecule has 0 fully saturated rings. The smallest absolute Gasteiger partial charge is 0.0145 e. The molecule has 0 aliphatic heterocycles. The predicted molar refractivity (Wildman–Crippen MR) is 50.3 cm³/mol. The lowest BCUT2D eigenvalue weighted by Crippen LogP contribution is -2.24. The summed E-state index contributed by atoms with van der Waals surface area (Å²) in [4.78, 5) is 0. The third-order valence-electron chi connectivity index (χ3n) is 3.03. The summed E-state index contributed by atoms with van der Waals surface area (Å²) < 4.78 is 0. The zero-order chi connectivity index (χ0) is 8.43. The molecule has 62 valence electrons. The van der Waals surface area contributed by atoms with E-state index in [0.29, 0.717) is 17.8 Å². The van der Waals surface area contributed by atoms with Crippen molar-refractivity contribution in [3.8, 4) is 0 Å². The molecule has 0 heteroatoms. The van der Waals surface area contributed by atoms with Gasteiger partial charge >= 0.3 is 0 Å². The van der Waals surface area contributed by atoms with E-state index in [1.54, 1.807) is 0 Å². The van der Waals surface area contributed by atoms with E-state index in [0.717, 1.165) is 5.92 Å². The SMILES string of the molecule is C=CC1C(C)C=CC(C)C1C. The van der Waals surface area contributed by atoms with E-state index in [9.17, 15) is 0 Å². The summed E-state index contributed by atoms with van der Waals surface area (Å²) >= 11 is 0. The van der Waals surface area contributed by atoms with Gasteiger partial charge in [0, 0.05) is 0 Å². The van der Waals surface area contributed by atoms with E-state index in [1.165, 1.54) is 0 Å². The van der Waals surface area contributed by atoms with Gasteiger partial charge in [-0.25, -0.2) is 0 Å². The van der Waals surface area contributed by atoms with Crippen molar-refractivity contribution in [3.63, 3.8) is 0 Å². The van der Waals surface area contributed by atoms with Crippen LogP contribution in [0.3, 0.4) is 0 Å². The largest absolute Gasteiger partial charge is 0.103 e. The first kappa shape index (κ1) is 8.58. The van der Waals surface area contributed by atoms with Crippen LogP contribution in [0.15, 0.2) is 24.8 Å². The Morgan fingerprint density at radius 2 is 1.64 bits per heavy atom. The molecule has 1 rings (SSSR count). The third kappa shape index (κ3) is 1.55. The topological polar surface area (TPSA) is 0 Å². The van der Waals surface area contributed by atoms with Crippen LogP contribution in [0.4, 0.5) is 0 Å². The van der Waals surface area contributed by atoms with Gasteiger partial charge in [-0.3, -0.25) is 0 Å². The van der Waals surface area contributed by atoms with Crippen LogP contribution in [0.5, 0.6) is 0 Å². The third-order valence-corrected chi connectivity index (χ3v) is 3.03. The zero-order valence-electron chi connectivity index (χ0n) is 7.75. The molecule has 0 saturated carbocycles. The van der Waals surface area contributed by atoms with E-state index in [4.69, 9.17) is 0 Å². The summed E-state index contributed by atoms with van der Waals surface area (Å²) in [6.07, 6.45) is 6.75. The van der Waals surface area contributed by atoms with Gasteiger partial charge in [0.15, 0.2) is 0 Å². The minimum Gasteiger partial charge on any atom is -0.103 e. The molecule has 0 heterocycles. The van der Waals surface area contributed by atoms with Gasteiger partial charge in [-0.2, -0.15) is 0 Å². The lowest BCUT2D eigenvalue weighted by atomic mass is 9.73. The van der Waals surface area contributed by atoms with Gasteiger partial charge in [0.1, 0.15) is 0 Å². The van der Waals surface area contributed by atoms with E-state index in [1.807, 2.05) is 0 Å². The van der Waals surface area contributed by atoms with Crippen LogP contribution in [-0.4, -0.2) is 0 Å². The van der Waals surface area contributed by atoms with Crippen molar-refractivity contribution in [1.82, 2.24) is 0 Å². The van der Waals surface area contributed by atoms with Crippen LogP contribution < -0.4 is 0 Å². The van der Waals surface area contributed by atoms with Gasteiger partial charge in [0.2, 0.25) is 0 Å². The standard InChI is InChI=1S/C11H18/c1-5-11-9(3)7-6-8(2)10(11)4/h5-11H,1H2,2-4H3. The minimum atomic E-state index is 0.676. The fourth-order valence-corrected chi connectivity index (χ4v) is 1.91. The maximum atomic E-state index is 3.89. The van der Waals surface area contributed by atoms with Crippen molar-refractivity contribution in [3.05, 3.63) is 24.8 Å². The number of allylic oxidation sites excluding steroid dienone is 3. The van der Waals surface area contributed by atoms with Gasteiger partial charge < -0.3 is 0 Å². The highest BCUT2D eigenvalue weighted by Gasteiger charge is 2.25. The first-order valence-electron chi connectivity index (χ1n) is 4.47. The van der Waals surface area contributed by atoms with E-state index in [2.05, 4.69) is 45.6 Å². The molecule has 0 nitrogen and oxygen atoms in total. The quantitative estimate of drug-likeness (QED) is 0.503. The van der Waals surface area contributed by atoms with Crippen molar-refractivity contribution in [1.29, 1.82) is 0 Å². The number of hydrogen-bond donors (Lipinski definition) is 0. The van der Waals surface area contributed by atoms with Crippen molar-refractivity contribution < 1.29 is 0 Å². The van der Waals surface area contributed by atoms with Crippen LogP contribution in [0.2, 0.25) is 0 Å². The molecule has 0 N–H and O–H groups in total. The molecule has 0 amide bonds. The summed E-state index contributed by atoms with van der Waals surface area (Å²) in [7, 11) is 0. The molecule has 11 heavy (non-hydrogen) atoms. The van der Waals surface area contributed by atoms with E-state index in [-0.39, 0.29) is 0 Å². The molecule has 0 aromatic rings. The van der Waals surface area contributed by atoms with Crippen LogP contribution >= 0.6 is 0 Å². The summed E-state index contributed by atoms with van der Waals surface area (Å²) in [5, 5.41) is 0. The van der Waals surface area contributed by atoms with Crippen LogP contribution in [0.25, 0.3) is 0 Å². The molecule has 0 spiro atoms. The predicted octanol–water partition coefficient (Wildman–Crippen LogP) is 3.27. The first-order valence-corrected chi connectivity index (χ1v) is 4.47. The van der Waals surface area contributed by atoms with E-state index < -0.39 is 0 Å². The Balaban J connectivity index is 2.77. The molecule has 4 unspecified atom stereocenters. The second-order valence-corrected chi connectivity index (χ2v) is 3.78. The summed E-state index contributed by atoms with van der Waals surface area (Å²) in [6, 6.07) is 0. The fraction of sp³-hybridized carbons (Fsp3) is 0.636. The average Bonchev–Trinajstić information content (AvgIpc) is 1.99. The van der Waals surface area contributed by atoms with E-state index >= 15 is 0 Å². The van der Waals surface area contributed by atoms with Crippen molar-refractivity contribution in [2.75, 3.05) is 0 Å². The van der Waals surface area contributed by atoms with Gasteiger partial charge in [-0.1, -0.05) is 39.0 Å². The Morgan fingerprint density at radius 1 is 1.09 bits per heavy atom. The lowest BCUT2D eigenvalue weighted by molar-refractivity contribution is 0.281. The molecule has 0 saturated heterocycles. The van der Waals surface area contributed by atoms with Crippen LogP contribution in [-0.2, 0) is 0 Å². The molecule has 0 aromatic heterocycles. The molecular weight excluding hydrogens is 132 g/mol. The van der Waals surface area contributed by atoms with Gasteiger partial charge in [-0.15, -0.1) is 6.58 Å². The second-order valence-electron chi connectivity index (χ2n) is 3.78. The molecule has 0 bridgehead atoms. The van der Waals surface area contributed by atoms with Gasteiger partial charge in [-0.05, 0) is 23.7 Å². The summed E-state index contributed by atoms with van der Waals surface area (Å²) in [5.41, 5.74) is 0. The van der Waals surface area contributed by atoms with Gasteiger partial charge in [0.05, 0.1) is 0 Å². The molecule has 0 aromatic carbocycles. The monoisotopic (exact) mass is 150 g/mol. The number of rotatable bonds is 1. The maximum Gasteiger partial charge on any atom is -0.0145 e. The molecular formula is C11H18. The molecule has 0 radical (unpaired) electrons. The van der Waals surface area contributed by atoms with Crippen LogP contribution in [0.1, 0.15) is 20.8 Å². The zero-order valence-corrected chi connectivity index (χ0v) is 7.75. The highest BCUT2D eigenvalue weighted by Crippen LogP contribution is 2.33. The minimum absolute atomic E-state index is 0.676. The lowest BCUT2D eigenvalue weighted by Gasteiger charge is -2.32. The maximum absolute atomic E-state index is 3.89. The normalized spacial score (nSPS) is 43.9. The highest BCUT2D eigenvalue weighted by molar-refractivity contribution is 5.05. The highest BCUT2D eigenvalue weighted by atomic mass is 14.3. The Bertz CT molecular complexity index is 167. The molecule has 4 atom stereocenters. The van der Waals surface area contributed by atoms with Crippen molar-refractivity contribution >= 4 is 0 Å². The molecule has 1 aliphatic carbocycles. The van der Waals surface area contributed by atoms with Crippen molar-refractivity contribution in [2.45, 2.75) is 20.8 Å². The Labute approximate surface area is 70.0 Å². The summed E-state index contributed by atoms with van der Waals surface area (Å²) in [5.74, 6) is 2.83. The second kappa shape index (κ2) is 3.25. The Hall–Kier alpha value is -0.520. The average molecular weight is 150 g/mol. The fourth-order valence-electron chi connectivity index (χ4n) is 1.91. The first-order chi connectivity index (χ1) is 5.16. The molecule has 1 aliphatic rings. The van der Waals surface area contributed by atoms with Gasteiger partial charge in [0.25, 0.3) is 0 Å².